The first-order chi connectivity index (χ1) is 11.2. The predicted molar refractivity (Wildman–Crippen MR) is 81.3 cm³/mol. The van der Waals surface area contributed by atoms with Crippen molar-refractivity contribution in [3.63, 3.8) is 0 Å². The van der Waals surface area contributed by atoms with Crippen molar-refractivity contribution in [2.45, 2.75) is 38.6 Å². The van der Waals surface area contributed by atoms with Gasteiger partial charge in [0, 0.05) is 38.3 Å². The van der Waals surface area contributed by atoms with E-state index in [0.717, 1.165) is 57.7 Å². The van der Waals surface area contributed by atoms with Gasteiger partial charge in [-0.2, -0.15) is 0 Å². The quantitative estimate of drug-likeness (QED) is 0.784. The monoisotopic (exact) mass is 318 g/mol. The van der Waals surface area contributed by atoms with Crippen LogP contribution in [0.15, 0.2) is 6.20 Å². The van der Waals surface area contributed by atoms with Crippen LogP contribution in [0.5, 0.6) is 0 Å². The summed E-state index contributed by atoms with van der Waals surface area (Å²) in [5.41, 5.74) is 5.44. The van der Waals surface area contributed by atoms with Gasteiger partial charge in [0.2, 0.25) is 5.91 Å². The SMILES string of the molecule is O=C(NNC(=O)C1C[C@@H]2COC[C@H]2C1)c1cn2c(n1)CCCC2. The van der Waals surface area contributed by atoms with E-state index < -0.39 is 0 Å². The zero-order valence-corrected chi connectivity index (χ0v) is 13.1. The summed E-state index contributed by atoms with van der Waals surface area (Å²) in [6.07, 6.45) is 6.62. The Hall–Kier alpha value is -1.89. The number of hydrogen-bond acceptors (Lipinski definition) is 4. The first-order valence-corrected chi connectivity index (χ1v) is 8.44. The van der Waals surface area contributed by atoms with Crippen LogP contribution in [0.25, 0.3) is 0 Å². The van der Waals surface area contributed by atoms with E-state index in [2.05, 4.69) is 15.8 Å². The Labute approximate surface area is 134 Å². The number of carbonyl (C=O) groups is 2. The molecule has 7 nitrogen and oxygen atoms in total. The minimum absolute atomic E-state index is 0.0237. The lowest BCUT2D eigenvalue weighted by atomic mass is 10.0. The van der Waals surface area contributed by atoms with Gasteiger partial charge >= 0.3 is 0 Å². The Morgan fingerprint density at radius 3 is 2.70 bits per heavy atom. The number of imidazole rings is 1. The highest BCUT2D eigenvalue weighted by atomic mass is 16.5. The third-order valence-corrected chi connectivity index (χ3v) is 5.32. The van der Waals surface area contributed by atoms with Crippen molar-refractivity contribution in [2.24, 2.45) is 17.8 Å². The second-order valence-electron chi connectivity index (χ2n) is 6.86. The fraction of sp³-hybridized carbons (Fsp3) is 0.688. The molecule has 0 radical (unpaired) electrons. The number of fused-ring (bicyclic) bond motifs is 2. The molecule has 2 aliphatic heterocycles. The average molecular weight is 318 g/mol. The summed E-state index contributed by atoms with van der Waals surface area (Å²) in [5, 5.41) is 0. The Bertz CT molecular complexity index is 591. The number of aromatic nitrogens is 2. The Morgan fingerprint density at radius 2 is 1.96 bits per heavy atom. The first kappa shape index (κ1) is 14.7. The lowest BCUT2D eigenvalue weighted by Gasteiger charge is -2.12. The molecule has 1 saturated carbocycles. The summed E-state index contributed by atoms with van der Waals surface area (Å²) in [5.74, 6) is 1.49. The molecule has 2 atom stereocenters. The molecular weight excluding hydrogens is 296 g/mol. The maximum Gasteiger partial charge on any atom is 0.289 e. The van der Waals surface area contributed by atoms with Gasteiger partial charge in [0.05, 0.1) is 0 Å². The lowest BCUT2D eigenvalue weighted by molar-refractivity contribution is -0.125. The van der Waals surface area contributed by atoms with Crippen LogP contribution in [0.4, 0.5) is 0 Å². The molecule has 2 N–H and O–H groups in total. The van der Waals surface area contributed by atoms with Gasteiger partial charge in [-0.15, -0.1) is 0 Å². The van der Waals surface area contributed by atoms with Crippen LogP contribution in [0, 0.1) is 17.8 Å². The Balaban J connectivity index is 1.31. The van der Waals surface area contributed by atoms with Crippen LogP contribution in [-0.2, 0) is 22.5 Å². The minimum atomic E-state index is -0.346. The molecule has 0 spiro atoms. The number of carbonyl (C=O) groups excluding carboxylic acids is 2. The van der Waals surface area contributed by atoms with Crippen molar-refractivity contribution in [1.29, 1.82) is 0 Å². The number of amides is 2. The number of ether oxygens (including phenoxy) is 1. The van der Waals surface area contributed by atoms with Gasteiger partial charge in [0.25, 0.3) is 5.91 Å². The van der Waals surface area contributed by atoms with Gasteiger partial charge in [0.1, 0.15) is 11.5 Å². The van der Waals surface area contributed by atoms with Crippen molar-refractivity contribution in [3.05, 3.63) is 17.7 Å². The predicted octanol–water partition coefficient (Wildman–Crippen LogP) is 0.653. The molecule has 3 heterocycles. The number of aryl methyl sites for hydroxylation is 2. The Morgan fingerprint density at radius 1 is 1.17 bits per heavy atom. The Kier molecular flexibility index (Phi) is 3.80. The smallest absolute Gasteiger partial charge is 0.289 e. The topological polar surface area (TPSA) is 85.3 Å². The zero-order chi connectivity index (χ0) is 15.8. The van der Waals surface area contributed by atoms with Crippen LogP contribution >= 0.6 is 0 Å². The third kappa shape index (κ3) is 2.85. The van der Waals surface area contributed by atoms with Gasteiger partial charge in [-0.1, -0.05) is 0 Å². The summed E-state index contributed by atoms with van der Waals surface area (Å²) in [7, 11) is 0. The third-order valence-electron chi connectivity index (χ3n) is 5.32. The number of hydrogen-bond donors (Lipinski definition) is 2. The van der Waals surface area contributed by atoms with Crippen molar-refractivity contribution in [3.8, 4) is 0 Å². The van der Waals surface area contributed by atoms with E-state index in [1.165, 1.54) is 0 Å². The highest BCUT2D eigenvalue weighted by Crippen LogP contribution is 2.40. The minimum Gasteiger partial charge on any atom is -0.381 e. The van der Waals surface area contributed by atoms with Gasteiger partial charge < -0.3 is 9.30 Å². The van der Waals surface area contributed by atoms with Gasteiger partial charge in [-0.05, 0) is 37.5 Å². The number of nitrogens with one attached hydrogen (secondary N) is 2. The maximum atomic E-state index is 12.2. The van der Waals surface area contributed by atoms with Gasteiger partial charge in [-0.3, -0.25) is 20.4 Å². The standard InChI is InChI=1S/C16H22N4O3/c21-15(10-5-11-8-23-9-12(11)6-10)18-19-16(22)13-7-20-4-2-1-3-14(20)17-13/h7,10-12H,1-6,8-9H2,(H,18,21)(H,19,22)/t11-,12-/m1/s1. The van der Waals surface area contributed by atoms with Crippen LogP contribution in [0.2, 0.25) is 0 Å². The summed E-state index contributed by atoms with van der Waals surface area (Å²) >= 11 is 0. The zero-order valence-electron chi connectivity index (χ0n) is 13.1. The van der Waals surface area contributed by atoms with Crippen molar-refractivity contribution >= 4 is 11.8 Å². The highest BCUT2D eigenvalue weighted by molar-refractivity contribution is 5.93. The summed E-state index contributed by atoms with van der Waals surface area (Å²) < 4.78 is 7.45. The fourth-order valence-corrected chi connectivity index (χ4v) is 4.01. The van der Waals surface area contributed by atoms with Crippen molar-refractivity contribution in [1.82, 2.24) is 20.4 Å². The van der Waals surface area contributed by atoms with E-state index in [0.29, 0.717) is 17.5 Å². The highest BCUT2D eigenvalue weighted by Gasteiger charge is 2.41. The normalized spacial score (nSPS) is 26.6. The summed E-state index contributed by atoms with van der Waals surface area (Å²) in [6.45, 7) is 2.44. The molecular formula is C16H22N4O3. The van der Waals surface area contributed by atoms with Crippen molar-refractivity contribution in [2.75, 3.05) is 13.2 Å². The molecule has 124 valence electrons. The lowest BCUT2D eigenvalue weighted by Crippen LogP contribution is -2.44. The van der Waals surface area contributed by atoms with Crippen LogP contribution in [-0.4, -0.2) is 34.6 Å². The molecule has 3 aliphatic rings. The molecule has 0 unspecified atom stereocenters. The molecule has 1 aromatic heterocycles. The molecule has 2 amide bonds. The van der Waals surface area contributed by atoms with E-state index in [9.17, 15) is 9.59 Å². The number of nitrogens with zero attached hydrogens (tertiary/aromatic N) is 2. The molecule has 4 rings (SSSR count). The number of rotatable bonds is 2. The molecule has 1 aromatic rings. The van der Waals surface area contributed by atoms with Crippen LogP contribution in [0.3, 0.4) is 0 Å². The van der Waals surface area contributed by atoms with E-state index >= 15 is 0 Å². The summed E-state index contributed by atoms with van der Waals surface area (Å²) in [4.78, 5) is 28.7. The van der Waals surface area contributed by atoms with Crippen LogP contribution in [0.1, 0.15) is 42.0 Å². The van der Waals surface area contributed by atoms with Crippen molar-refractivity contribution < 1.29 is 14.3 Å². The van der Waals surface area contributed by atoms with E-state index in [1.54, 1.807) is 6.20 Å². The molecule has 0 bridgehead atoms. The van der Waals surface area contributed by atoms with E-state index in [4.69, 9.17) is 4.74 Å². The van der Waals surface area contributed by atoms with Gasteiger partial charge in [-0.25, -0.2) is 4.98 Å². The molecule has 0 aromatic carbocycles. The summed E-state index contributed by atoms with van der Waals surface area (Å²) in [6, 6.07) is 0. The molecule has 7 heteroatoms. The van der Waals surface area contributed by atoms with Crippen LogP contribution < -0.4 is 10.9 Å². The molecule has 23 heavy (non-hydrogen) atoms. The molecule has 2 fully saturated rings. The maximum absolute atomic E-state index is 12.2. The second kappa shape index (κ2) is 5.96. The average Bonchev–Trinajstić information content (AvgIpc) is 3.24. The van der Waals surface area contributed by atoms with E-state index in [1.807, 2.05) is 4.57 Å². The van der Waals surface area contributed by atoms with Gasteiger partial charge in [0.15, 0.2) is 0 Å². The molecule has 1 aliphatic carbocycles. The fourth-order valence-electron chi connectivity index (χ4n) is 4.01. The first-order valence-electron chi connectivity index (χ1n) is 8.44. The molecule has 1 saturated heterocycles. The largest absolute Gasteiger partial charge is 0.381 e. The van der Waals surface area contributed by atoms with E-state index in [-0.39, 0.29) is 17.7 Å². The number of hydrazine groups is 1. The second-order valence-corrected chi connectivity index (χ2v) is 6.86.